The number of pyridine rings is 1. The van der Waals surface area contributed by atoms with Gasteiger partial charge in [0.2, 0.25) is 0 Å². The number of aromatic nitrogens is 1. The van der Waals surface area contributed by atoms with Gasteiger partial charge in [-0.25, -0.2) is 4.98 Å². The lowest BCUT2D eigenvalue weighted by Crippen LogP contribution is -2.41. The Morgan fingerprint density at radius 1 is 1.45 bits per heavy atom. The minimum atomic E-state index is -0.0454. The average molecular weight is 295 g/mol. The molecule has 2 rings (SSSR count). The predicted molar refractivity (Wildman–Crippen MR) is 82.2 cm³/mol. The SMILES string of the molecule is CCC1(CNC(=O)c2cc(Cl)nc(C(C)C)c2)CCC1. The van der Waals surface area contributed by atoms with Crippen molar-refractivity contribution in [2.75, 3.05) is 6.54 Å². The summed E-state index contributed by atoms with van der Waals surface area (Å²) in [7, 11) is 0. The van der Waals surface area contributed by atoms with Gasteiger partial charge in [-0.05, 0) is 42.7 Å². The Kier molecular flexibility index (Phi) is 4.69. The molecule has 0 aromatic carbocycles. The summed E-state index contributed by atoms with van der Waals surface area (Å²) in [6.07, 6.45) is 4.85. The number of amides is 1. The number of nitrogens with one attached hydrogen (secondary N) is 1. The second kappa shape index (κ2) is 6.13. The maximum absolute atomic E-state index is 12.3. The van der Waals surface area contributed by atoms with Gasteiger partial charge in [-0.1, -0.05) is 38.8 Å². The highest BCUT2D eigenvalue weighted by atomic mass is 35.5. The number of hydrogen-bond acceptors (Lipinski definition) is 2. The summed E-state index contributed by atoms with van der Waals surface area (Å²) in [6, 6.07) is 3.48. The lowest BCUT2D eigenvalue weighted by molar-refractivity contribution is 0.0850. The van der Waals surface area contributed by atoms with Crippen molar-refractivity contribution in [2.24, 2.45) is 5.41 Å². The van der Waals surface area contributed by atoms with Gasteiger partial charge in [-0.15, -0.1) is 0 Å². The first-order valence-corrected chi connectivity index (χ1v) is 7.79. The first kappa shape index (κ1) is 15.3. The summed E-state index contributed by atoms with van der Waals surface area (Å²) in [5, 5.41) is 3.45. The van der Waals surface area contributed by atoms with E-state index < -0.39 is 0 Å². The Bertz CT molecular complexity index is 490. The summed E-state index contributed by atoms with van der Waals surface area (Å²) in [6.45, 7) is 7.05. The van der Waals surface area contributed by atoms with Crippen LogP contribution in [0.4, 0.5) is 0 Å². The molecule has 0 radical (unpaired) electrons. The molecule has 1 amide bonds. The highest BCUT2D eigenvalue weighted by molar-refractivity contribution is 6.29. The molecule has 1 heterocycles. The molecule has 1 aromatic heterocycles. The van der Waals surface area contributed by atoms with Crippen LogP contribution in [0.5, 0.6) is 0 Å². The van der Waals surface area contributed by atoms with Crippen LogP contribution in [0.15, 0.2) is 12.1 Å². The van der Waals surface area contributed by atoms with Gasteiger partial charge in [-0.3, -0.25) is 4.79 Å². The fourth-order valence-electron chi connectivity index (χ4n) is 2.65. The van der Waals surface area contributed by atoms with Crippen molar-refractivity contribution in [1.29, 1.82) is 0 Å². The second-order valence-electron chi connectivity index (χ2n) is 6.15. The minimum absolute atomic E-state index is 0.0454. The lowest BCUT2D eigenvalue weighted by atomic mass is 9.67. The van der Waals surface area contributed by atoms with Crippen LogP contribution >= 0.6 is 11.6 Å². The Morgan fingerprint density at radius 3 is 2.65 bits per heavy atom. The highest BCUT2D eigenvalue weighted by Crippen LogP contribution is 2.43. The molecule has 1 aromatic rings. The third kappa shape index (κ3) is 3.32. The lowest BCUT2D eigenvalue weighted by Gasteiger charge is -2.41. The zero-order chi connectivity index (χ0) is 14.8. The Hall–Kier alpha value is -1.09. The molecule has 0 spiro atoms. The summed E-state index contributed by atoms with van der Waals surface area (Å²) >= 11 is 6.00. The van der Waals surface area contributed by atoms with E-state index in [4.69, 9.17) is 11.6 Å². The number of rotatable bonds is 5. The maximum atomic E-state index is 12.3. The van der Waals surface area contributed by atoms with E-state index in [0.29, 0.717) is 16.1 Å². The van der Waals surface area contributed by atoms with Gasteiger partial charge in [0.05, 0.1) is 0 Å². The Morgan fingerprint density at radius 2 is 2.15 bits per heavy atom. The van der Waals surface area contributed by atoms with E-state index in [-0.39, 0.29) is 11.8 Å². The summed E-state index contributed by atoms with van der Waals surface area (Å²) in [4.78, 5) is 16.5. The first-order chi connectivity index (χ1) is 9.46. The van der Waals surface area contributed by atoms with Crippen LogP contribution in [-0.2, 0) is 0 Å². The fraction of sp³-hybridized carbons (Fsp3) is 0.625. The molecule has 1 saturated carbocycles. The minimum Gasteiger partial charge on any atom is -0.351 e. The molecule has 1 N–H and O–H groups in total. The van der Waals surface area contributed by atoms with Gasteiger partial charge < -0.3 is 5.32 Å². The van der Waals surface area contributed by atoms with E-state index in [2.05, 4.69) is 17.2 Å². The molecule has 20 heavy (non-hydrogen) atoms. The van der Waals surface area contributed by atoms with Gasteiger partial charge in [0.15, 0.2) is 0 Å². The number of hydrogen-bond donors (Lipinski definition) is 1. The molecule has 0 unspecified atom stereocenters. The maximum Gasteiger partial charge on any atom is 0.251 e. The summed E-state index contributed by atoms with van der Waals surface area (Å²) in [5.41, 5.74) is 1.80. The number of carbonyl (C=O) groups is 1. The Labute approximate surface area is 126 Å². The van der Waals surface area contributed by atoms with Gasteiger partial charge in [0.25, 0.3) is 5.91 Å². The Balaban J connectivity index is 2.05. The summed E-state index contributed by atoms with van der Waals surface area (Å²) in [5.74, 6) is 0.213. The fourth-order valence-corrected chi connectivity index (χ4v) is 2.86. The molecule has 1 aliphatic carbocycles. The van der Waals surface area contributed by atoms with Gasteiger partial charge in [0.1, 0.15) is 5.15 Å². The van der Waals surface area contributed by atoms with Crippen molar-refractivity contribution < 1.29 is 4.79 Å². The zero-order valence-corrected chi connectivity index (χ0v) is 13.3. The van der Waals surface area contributed by atoms with Crippen molar-refractivity contribution in [1.82, 2.24) is 10.3 Å². The zero-order valence-electron chi connectivity index (χ0n) is 12.5. The molecule has 1 aliphatic rings. The smallest absolute Gasteiger partial charge is 0.251 e. The third-order valence-electron chi connectivity index (χ3n) is 4.46. The van der Waals surface area contributed by atoms with E-state index in [1.807, 2.05) is 19.9 Å². The molecular formula is C16H23ClN2O. The predicted octanol–water partition coefficient (Wildman–Crippen LogP) is 4.17. The normalized spacial score (nSPS) is 16.9. The quantitative estimate of drug-likeness (QED) is 0.828. The molecule has 0 aliphatic heterocycles. The molecular weight excluding hydrogens is 272 g/mol. The molecule has 3 nitrogen and oxygen atoms in total. The van der Waals surface area contributed by atoms with E-state index >= 15 is 0 Å². The molecule has 4 heteroatoms. The largest absolute Gasteiger partial charge is 0.351 e. The van der Waals surface area contributed by atoms with Gasteiger partial charge in [0, 0.05) is 17.8 Å². The molecule has 0 saturated heterocycles. The van der Waals surface area contributed by atoms with Crippen molar-refractivity contribution in [3.63, 3.8) is 0 Å². The molecule has 110 valence electrons. The van der Waals surface area contributed by atoms with Gasteiger partial charge >= 0.3 is 0 Å². The number of carbonyl (C=O) groups excluding carboxylic acids is 1. The highest BCUT2D eigenvalue weighted by Gasteiger charge is 2.35. The van der Waals surface area contributed by atoms with Crippen LogP contribution in [0.2, 0.25) is 5.15 Å². The van der Waals surface area contributed by atoms with Gasteiger partial charge in [-0.2, -0.15) is 0 Å². The van der Waals surface area contributed by atoms with Crippen LogP contribution in [0.3, 0.4) is 0 Å². The standard InChI is InChI=1S/C16H23ClN2O/c1-4-16(6-5-7-16)10-18-15(20)12-8-13(11(2)3)19-14(17)9-12/h8-9,11H,4-7,10H2,1-3H3,(H,18,20). The van der Waals surface area contributed by atoms with E-state index in [0.717, 1.165) is 18.7 Å². The second-order valence-corrected chi connectivity index (χ2v) is 6.54. The van der Waals surface area contributed by atoms with Crippen molar-refractivity contribution in [2.45, 2.75) is 52.4 Å². The van der Waals surface area contributed by atoms with Crippen molar-refractivity contribution in [3.8, 4) is 0 Å². The number of nitrogens with zero attached hydrogens (tertiary/aromatic N) is 1. The summed E-state index contributed by atoms with van der Waals surface area (Å²) < 4.78 is 0. The molecule has 0 bridgehead atoms. The first-order valence-electron chi connectivity index (χ1n) is 7.41. The molecule has 0 atom stereocenters. The van der Waals surface area contributed by atoms with E-state index in [1.165, 1.54) is 19.3 Å². The monoisotopic (exact) mass is 294 g/mol. The van der Waals surface area contributed by atoms with Crippen molar-refractivity contribution in [3.05, 3.63) is 28.5 Å². The van der Waals surface area contributed by atoms with Crippen LogP contribution in [0.25, 0.3) is 0 Å². The van der Waals surface area contributed by atoms with E-state index in [1.54, 1.807) is 6.07 Å². The van der Waals surface area contributed by atoms with Crippen molar-refractivity contribution >= 4 is 17.5 Å². The van der Waals surface area contributed by atoms with Crippen LogP contribution in [-0.4, -0.2) is 17.4 Å². The topological polar surface area (TPSA) is 42.0 Å². The molecule has 1 fully saturated rings. The average Bonchev–Trinajstić information content (AvgIpc) is 2.37. The third-order valence-corrected chi connectivity index (χ3v) is 4.65. The number of halogens is 1. The van der Waals surface area contributed by atoms with Crippen LogP contribution in [0.1, 0.15) is 68.4 Å². The van der Waals surface area contributed by atoms with E-state index in [9.17, 15) is 4.79 Å². The van der Waals surface area contributed by atoms with Crippen LogP contribution in [0, 0.1) is 5.41 Å². The van der Waals surface area contributed by atoms with Crippen LogP contribution < -0.4 is 5.32 Å².